The number of fused-ring (bicyclic) bond motifs is 1. The van der Waals surface area contributed by atoms with Gasteiger partial charge in [-0.3, -0.25) is 9.89 Å². The predicted molar refractivity (Wildman–Crippen MR) is 133 cm³/mol. The van der Waals surface area contributed by atoms with Crippen molar-refractivity contribution < 1.29 is 13.6 Å². The third-order valence-electron chi connectivity index (χ3n) is 5.74. The molecule has 0 bridgehead atoms. The second-order valence-electron chi connectivity index (χ2n) is 8.25. The third kappa shape index (κ3) is 5.26. The number of benzene rings is 2. The molecule has 0 atom stereocenters. The molecule has 0 spiro atoms. The highest BCUT2D eigenvalue weighted by atomic mass is 19.2. The topological polar surface area (TPSA) is 119 Å². The Kier molecular flexibility index (Phi) is 6.50. The summed E-state index contributed by atoms with van der Waals surface area (Å²) in [5.41, 5.74) is 4.40. The standard InChI is InChI=1S/C27H19F2N7O/c28-23-6-3-17(8-24(23)29)12-34-27(37)22-7-18(10-30)13-32-26(22)31-11-16-1-4-19(5-2-16)20-9-21-15-35-36-25(21)33-14-20/h1-9,13-15H,11-12H2,(H,31,32)(H,34,37)(H,33,35,36). The van der Waals surface area contributed by atoms with Crippen molar-refractivity contribution in [1.29, 1.82) is 5.26 Å². The first-order valence-electron chi connectivity index (χ1n) is 11.2. The average Bonchev–Trinajstić information content (AvgIpc) is 3.40. The Bertz CT molecular complexity index is 1640. The SMILES string of the molecule is N#Cc1cnc(NCc2ccc(-c3cnc4[nH]ncc4c3)cc2)c(C(=O)NCc2ccc(F)c(F)c2)c1. The van der Waals surface area contributed by atoms with Gasteiger partial charge in [0.1, 0.15) is 11.9 Å². The molecule has 8 nitrogen and oxygen atoms in total. The Morgan fingerprint density at radius 3 is 2.49 bits per heavy atom. The molecule has 0 aliphatic carbocycles. The number of nitrogens with one attached hydrogen (secondary N) is 3. The second kappa shape index (κ2) is 10.2. The maximum Gasteiger partial charge on any atom is 0.255 e. The zero-order valence-electron chi connectivity index (χ0n) is 19.3. The quantitative estimate of drug-likeness (QED) is 0.301. The summed E-state index contributed by atoms with van der Waals surface area (Å²) in [5.74, 6) is -2.17. The van der Waals surface area contributed by atoms with Crippen molar-refractivity contribution in [3.63, 3.8) is 0 Å². The van der Waals surface area contributed by atoms with Crippen molar-refractivity contribution in [3.8, 4) is 17.2 Å². The van der Waals surface area contributed by atoms with E-state index >= 15 is 0 Å². The largest absolute Gasteiger partial charge is 0.365 e. The first-order chi connectivity index (χ1) is 18.0. The van der Waals surface area contributed by atoms with E-state index in [4.69, 9.17) is 0 Å². The van der Waals surface area contributed by atoms with Gasteiger partial charge in [0, 0.05) is 36.4 Å². The van der Waals surface area contributed by atoms with Gasteiger partial charge in [-0.1, -0.05) is 30.3 Å². The number of H-pyrrole nitrogens is 1. The first kappa shape index (κ1) is 23.6. The summed E-state index contributed by atoms with van der Waals surface area (Å²) in [6.45, 7) is 0.356. The van der Waals surface area contributed by atoms with Gasteiger partial charge in [0.05, 0.1) is 17.3 Å². The van der Waals surface area contributed by atoms with E-state index in [2.05, 4.69) is 30.8 Å². The van der Waals surface area contributed by atoms with Crippen molar-refractivity contribution >= 4 is 22.8 Å². The Balaban J connectivity index is 1.28. The molecule has 0 fully saturated rings. The van der Waals surface area contributed by atoms with Crippen LogP contribution in [-0.2, 0) is 13.1 Å². The number of aromatic nitrogens is 4. The Morgan fingerprint density at radius 2 is 1.70 bits per heavy atom. The van der Waals surface area contributed by atoms with Gasteiger partial charge < -0.3 is 10.6 Å². The summed E-state index contributed by atoms with van der Waals surface area (Å²) in [5, 5.41) is 22.8. The van der Waals surface area contributed by atoms with Crippen LogP contribution in [-0.4, -0.2) is 26.1 Å². The van der Waals surface area contributed by atoms with Crippen LogP contribution in [0.25, 0.3) is 22.2 Å². The molecule has 3 aromatic heterocycles. The minimum absolute atomic E-state index is 0.0207. The van der Waals surface area contributed by atoms with Crippen LogP contribution in [0, 0.1) is 23.0 Å². The van der Waals surface area contributed by atoms with Crippen LogP contribution in [0.2, 0.25) is 0 Å². The van der Waals surface area contributed by atoms with E-state index in [-0.39, 0.29) is 17.7 Å². The fraction of sp³-hybridized carbons (Fsp3) is 0.0741. The van der Waals surface area contributed by atoms with E-state index in [0.29, 0.717) is 17.9 Å². The number of aromatic amines is 1. The number of amides is 1. The van der Waals surface area contributed by atoms with Crippen molar-refractivity contribution in [2.24, 2.45) is 0 Å². The molecular formula is C27H19F2N7O. The van der Waals surface area contributed by atoms with Crippen LogP contribution in [0.3, 0.4) is 0 Å². The number of hydrogen-bond acceptors (Lipinski definition) is 6. The molecule has 0 saturated carbocycles. The van der Waals surface area contributed by atoms with E-state index in [1.54, 1.807) is 12.4 Å². The predicted octanol–water partition coefficient (Wildman–Crippen LogP) is 4.71. The molecule has 5 rings (SSSR count). The number of nitriles is 1. The van der Waals surface area contributed by atoms with Crippen LogP contribution in [0.1, 0.15) is 27.0 Å². The smallest absolute Gasteiger partial charge is 0.255 e. The number of hydrogen-bond donors (Lipinski definition) is 3. The first-order valence-corrected chi connectivity index (χ1v) is 11.2. The molecule has 2 aromatic carbocycles. The normalized spacial score (nSPS) is 10.7. The fourth-order valence-electron chi connectivity index (χ4n) is 3.76. The second-order valence-corrected chi connectivity index (χ2v) is 8.25. The van der Waals surface area contributed by atoms with Gasteiger partial charge >= 0.3 is 0 Å². The van der Waals surface area contributed by atoms with Crippen LogP contribution in [0.15, 0.2) is 73.2 Å². The molecule has 3 N–H and O–H groups in total. The van der Waals surface area contributed by atoms with Crippen LogP contribution in [0.5, 0.6) is 0 Å². The van der Waals surface area contributed by atoms with E-state index in [1.807, 2.05) is 36.4 Å². The third-order valence-corrected chi connectivity index (χ3v) is 5.74. The number of halogens is 2. The molecule has 0 saturated heterocycles. The van der Waals surface area contributed by atoms with Gasteiger partial charge in [0.25, 0.3) is 5.91 Å². The molecule has 37 heavy (non-hydrogen) atoms. The number of nitrogens with zero attached hydrogens (tertiary/aromatic N) is 4. The molecule has 0 aliphatic rings. The Morgan fingerprint density at radius 1 is 0.892 bits per heavy atom. The lowest BCUT2D eigenvalue weighted by molar-refractivity contribution is 0.0951. The molecule has 1 amide bonds. The fourth-order valence-corrected chi connectivity index (χ4v) is 3.76. The highest BCUT2D eigenvalue weighted by molar-refractivity contribution is 5.99. The van der Waals surface area contributed by atoms with Gasteiger partial charge in [-0.2, -0.15) is 10.4 Å². The average molecular weight is 495 g/mol. The lowest BCUT2D eigenvalue weighted by atomic mass is 10.0. The van der Waals surface area contributed by atoms with Gasteiger partial charge in [-0.25, -0.2) is 18.7 Å². The van der Waals surface area contributed by atoms with Crippen molar-refractivity contribution in [3.05, 3.63) is 107 Å². The maximum absolute atomic E-state index is 13.5. The molecule has 0 radical (unpaired) electrons. The zero-order chi connectivity index (χ0) is 25.8. The lowest BCUT2D eigenvalue weighted by Crippen LogP contribution is -2.24. The summed E-state index contributed by atoms with van der Waals surface area (Å²) in [6, 6.07) is 16.7. The van der Waals surface area contributed by atoms with Crippen molar-refractivity contribution in [2.75, 3.05) is 5.32 Å². The van der Waals surface area contributed by atoms with Crippen LogP contribution in [0.4, 0.5) is 14.6 Å². The number of anilines is 1. The van der Waals surface area contributed by atoms with Gasteiger partial charge in [0.2, 0.25) is 0 Å². The van der Waals surface area contributed by atoms with E-state index < -0.39 is 17.5 Å². The number of carbonyl (C=O) groups is 1. The van der Waals surface area contributed by atoms with Crippen molar-refractivity contribution in [1.82, 2.24) is 25.5 Å². The zero-order valence-corrected chi connectivity index (χ0v) is 19.3. The Labute approximate surface area is 210 Å². The molecule has 0 unspecified atom stereocenters. The summed E-state index contributed by atoms with van der Waals surface area (Å²) in [4.78, 5) is 21.5. The highest BCUT2D eigenvalue weighted by Crippen LogP contribution is 2.23. The van der Waals surface area contributed by atoms with Gasteiger partial charge in [-0.05, 0) is 41.0 Å². The number of carbonyl (C=O) groups excluding carboxylic acids is 1. The maximum atomic E-state index is 13.5. The summed E-state index contributed by atoms with van der Waals surface area (Å²) < 4.78 is 26.6. The minimum atomic E-state index is -0.994. The van der Waals surface area contributed by atoms with E-state index in [0.717, 1.165) is 39.9 Å². The summed E-state index contributed by atoms with van der Waals surface area (Å²) >= 11 is 0. The van der Waals surface area contributed by atoms with Gasteiger partial charge in [0.15, 0.2) is 17.3 Å². The Hall–Kier alpha value is -5.17. The lowest BCUT2D eigenvalue weighted by Gasteiger charge is -2.12. The molecule has 182 valence electrons. The summed E-state index contributed by atoms with van der Waals surface area (Å²) in [7, 11) is 0. The summed E-state index contributed by atoms with van der Waals surface area (Å²) in [6.07, 6.45) is 4.87. The van der Waals surface area contributed by atoms with E-state index in [1.165, 1.54) is 18.3 Å². The number of rotatable bonds is 7. The molecule has 10 heteroatoms. The molecule has 3 heterocycles. The minimum Gasteiger partial charge on any atom is -0.365 e. The molecular weight excluding hydrogens is 476 g/mol. The number of pyridine rings is 2. The van der Waals surface area contributed by atoms with Crippen molar-refractivity contribution in [2.45, 2.75) is 13.1 Å². The molecule has 0 aliphatic heterocycles. The highest BCUT2D eigenvalue weighted by Gasteiger charge is 2.15. The molecule has 5 aromatic rings. The van der Waals surface area contributed by atoms with Gasteiger partial charge in [-0.15, -0.1) is 0 Å². The van der Waals surface area contributed by atoms with Crippen LogP contribution < -0.4 is 10.6 Å². The van der Waals surface area contributed by atoms with E-state index in [9.17, 15) is 18.8 Å². The monoisotopic (exact) mass is 495 g/mol. The van der Waals surface area contributed by atoms with Crippen LogP contribution >= 0.6 is 0 Å².